The molecule has 4 rings (SSSR count). The average molecular weight is 495 g/mol. The Bertz CT molecular complexity index is 1060. The lowest BCUT2D eigenvalue weighted by Crippen LogP contribution is -2.11. The molecule has 0 fully saturated rings. The van der Waals surface area contributed by atoms with Gasteiger partial charge in [-0.05, 0) is 84.0 Å². The maximum absolute atomic E-state index is 6.25. The van der Waals surface area contributed by atoms with Gasteiger partial charge in [-0.15, -0.1) is 0 Å². The highest BCUT2D eigenvalue weighted by Gasteiger charge is 2.15. The summed E-state index contributed by atoms with van der Waals surface area (Å²) in [5, 5.41) is 0. The van der Waals surface area contributed by atoms with E-state index in [2.05, 4.69) is 109 Å². The monoisotopic (exact) mass is 494 g/mol. The van der Waals surface area contributed by atoms with Gasteiger partial charge in [0.1, 0.15) is 11.5 Å². The molecule has 0 saturated heterocycles. The summed E-state index contributed by atoms with van der Waals surface area (Å²) in [5.41, 5.74) is 5.36. The van der Waals surface area contributed by atoms with Crippen molar-refractivity contribution >= 4 is 0 Å². The van der Waals surface area contributed by atoms with Gasteiger partial charge in [-0.2, -0.15) is 0 Å². The predicted molar refractivity (Wildman–Crippen MR) is 152 cm³/mol. The van der Waals surface area contributed by atoms with E-state index in [9.17, 15) is 0 Å². The summed E-state index contributed by atoms with van der Waals surface area (Å²) in [6, 6.07) is 38.4. The minimum Gasteiger partial charge on any atom is -0.497 e. The molecule has 0 bridgehead atoms. The van der Waals surface area contributed by atoms with E-state index in [4.69, 9.17) is 14.2 Å². The van der Waals surface area contributed by atoms with Gasteiger partial charge < -0.3 is 14.2 Å². The van der Waals surface area contributed by atoms with Crippen molar-refractivity contribution in [3.05, 3.63) is 131 Å². The Morgan fingerprint density at radius 1 is 0.486 bits per heavy atom. The lowest BCUT2D eigenvalue weighted by Gasteiger charge is -2.20. The zero-order valence-corrected chi connectivity index (χ0v) is 22.0. The molecule has 0 heterocycles. The average Bonchev–Trinajstić information content (AvgIpc) is 2.97. The summed E-state index contributed by atoms with van der Waals surface area (Å²) < 4.78 is 17.0. The molecule has 4 aromatic rings. The first-order valence-electron chi connectivity index (χ1n) is 13.2. The molecule has 37 heavy (non-hydrogen) atoms. The Balaban J connectivity index is 1.36. The molecule has 2 unspecified atom stereocenters. The van der Waals surface area contributed by atoms with Crippen molar-refractivity contribution in [3.8, 4) is 11.5 Å². The Morgan fingerprint density at radius 3 is 1.22 bits per heavy atom. The molecule has 0 aliphatic rings. The molecule has 0 aliphatic carbocycles. The predicted octanol–water partition coefficient (Wildman–Crippen LogP) is 7.85. The normalized spacial score (nSPS) is 12.6. The van der Waals surface area contributed by atoms with E-state index in [-0.39, 0.29) is 0 Å². The Labute approximate surface area is 222 Å². The Kier molecular flexibility index (Phi) is 10.2. The van der Waals surface area contributed by atoms with Gasteiger partial charge in [-0.25, -0.2) is 0 Å². The summed E-state index contributed by atoms with van der Waals surface area (Å²) in [7, 11) is 3.42. The first-order valence-corrected chi connectivity index (χ1v) is 13.2. The van der Waals surface area contributed by atoms with Crippen molar-refractivity contribution in [1.82, 2.24) is 0 Å². The van der Waals surface area contributed by atoms with Crippen LogP contribution in [0.15, 0.2) is 109 Å². The highest BCUT2D eigenvalue weighted by atomic mass is 16.5. The molecule has 0 aliphatic heterocycles. The van der Waals surface area contributed by atoms with Crippen molar-refractivity contribution in [2.24, 2.45) is 0 Å². The smallest absolute Gasteiger partial charge is 0.118 e. The number of methoxy groups -OCH3 is 2. The summed E-state index contributed by atoms with van der Waals surface area (Å²) in [6.45, 7) is 1.48. The summed E-state index contributed by atoms with van der Waals surface area (Å²) in [4.78, 5) is 0. The SMILES string of the molecule is COc1ccc(C(CCOCCC(Cc2ccccc2)c2ccc(OC)cc2)Cc2ccccc2)cc1. The standard InChI is InChI=1S/C34H38O3/c1-35-33-17-13-29(14-18-33)31(25-27-9-5-3-6-10-27)21-23-37-24-22-32(26-28-11-7-4-8-12-28)30-15-19-34(36-2)20-16-30/h3-20,31-32H,21-26H2,1-2H3. The highest BCUT2D eigenvalue weighted by molar-refractivity contribution is 5.32. The molecule has 192 valence electrons. The van der Waals surface area contributed by atoms with Gasteiger partial charge in [0, 0.05) is 13.2 Å². The zero-order valence-electron chi connectivity index (χ0n) is 22.0. The second kappa shape index (κ2) is 14.2. The van der Waals surface area contributed by atoms with E-state index in [0.717, 1.165) is 50.4 Å². The second-order valence-corrected chi connectivity index (χ2v) is 9.51. The summed E-state index contributed by atoms with van der Waals surface area (Å²) in [6.07, 6.45) is 3.96. The first kappa shape index (κ1) is 26.5. The molecule has 2 atom stereocenters. The van der Waals surface area contributed by atoms with Crippen molar-refractivity contribution in [2.75, 3.05) is 27.4 Å². The van der Waals surface area contributed by atoms with Crippen LogP contribution in [0.1, 0.15) is 46.9 Å². The van der Waals surface area contributed by atoms with Crippen LogP contribution in [0.5, 0.6) is 11.5 Å². The molecule has 0 spiro atoms. The fraction of sp³-hybridized carbons (Fsp3) is 0.294. The van der Waals surface area contributed by atoms with Crippen molar-refractivity contribution in [1.29, 1.82) is 0 Å². The van der Waals surface area contributed by atoms with E-state index in [1.807, 2.05) is 0 Å². The zero-order chi connectivity index (χ0) is 25.7. The second-order valence-electron chi connectivity index (χ2n) is 9.51. The van der Waals surface area contributed by atoms with Gasteiger partial charge in [0.25, 0.3) is 0 Å². The largest absolute Gasteiger partial charge is 0.497 e. The molecule has 4 aromatic carbocycles. The summed E-state index contributed by atoms with van der Waals surface area (Å²) in [5.74, 6) is 2.58. The lowest BCUT2D eigenvalue weighted by molar-refractivity contribution is 0.119. The van der Waals surface area contributed by atoms with Gasteiger partial charge in [-0.3, -0.25) is 0 Å². The molecule has 3 heteroatoms. The fourth-order valence-corrected chi connectivity index (χ4v) is 4.88. The highest BCUT2D eigenvalue weighted by Crippen LogP contribution is 2.28. The number of ether oxygens (including phenoxy) is 3. The van der Waals surface area contributed by atoms with E-state index < -0.39 is 0 Å². The maximum atomic E-state index is 6.25. The van der Waals surface area contributed by atoms with Crippen LogP contribution in [0, 0.1) is 0 Å². The first-order chi connectivity index (χ1) is 18.2. The quantitative estimate of drug-likeness (QED) is 0.167. The lowest BCUT2D eigenvalue weighted by atomic mass is 9.89. The number of hydrogen-bond acceptors (Lipinski definition) is 3. The molecule has 3 nitrogen and oxygen atoms in total. The van der Waals surface area contributed by atoms with Crippen LogP contribution in [0.2, 0.25) is 0 Å². The minimum atomic E-state index is 0.398. The van der Waals surface area contributed by atoms with E-state index in [1.54, 1.807) is 14.2 Å². The van der Waals surface area contributed by atoms with Gasteiger partial charge in [-0.1, -0.05) is 84.9 Å². The van der Waals surface area contributed by atoms with Crippen LogP contribution in [-0.4, -0.2) is 27.4 Å². The molecule has 0 aromatic heterocycles. The molecular weight excluding hydrogens is 456 g/mol. The third kappa shape index (κ3) is 8.23. The maximum Gasteiger partial charge on any atom is 0.118 e. The van der Waals surface area contributed by atoms with Crippen LogP contribution in [0.3, 0.4) is 0 Å². The van der Waals surface area contributed by atoms with Crippen LogP contribution in [-0.2, 0) is 17.6 Å². The van der Waals surface area contributed by atoms with E-state index in [1.165, 1.54) is 22.3 Å². The topological polar surface area (TPSA) is 27.7 Å². The number of rotatable bonds is 14. The Hall–Kier alpha value is -3.56. The van der Waals surface area contributed by atoms with Gasteiger partial charge in [0.15, 0.2) is 0 Å². The number of benzene rings is 4. The van der Waals surface area contributed by atoms with E-state index in [0.29, 0.717) is 11.8 Å². The minimum absolute atomic E-state index is 0.398. The van der Waals surface area contributed by atoms with Crippen molar-refractivity contribution in [3.63, 3.8) is 0 Å². The molecule has 0 N–H and O–H groups in total. The van der Waals surface area contributed by atoms with Crippen LogP contribution in [0.25, 0.3) is 0 Å². The molecule has 0 saturated carbocycles. The van der Waals surface area contributed by atoms with Crippen LogP contribution in [0.4, 0.5) is 0 Å². The van der Waals surface area contributed by atoms with Gasteiger partial charge in [0.2, 0.25) is 0 Å². The fourth-order valence-electron chi connectivity index (χ4n) is 4.88. The van der Waals surface area contributed by atoms with Gasteiger partial charge >= 0.3 is 0 Å². The third-order valence-electron chi connectivity index (χ3n) is 7.05. The molecule has 0 amide bonds. The molecule has 0 radical (unpaired) electrons. The van der Waals surface area contributed by atoms with E-state index >= 15 is 0 Å². The van der Waals surface area contributed by atoms with Crippen molar-refractivity contribution < 1.29 is 14.2 Å². The van der Waals surface area contributed by atoms with Gasteiger partial charge in [0.05, 0.1) is 14.2 Å². The van der Waals surface area contributed by atoms with Crippen molar-refractivity contribution in [2.45, 2.75) is 37.5 Å². The van der Waals surface area contributed by atoms with Crippen LogP contribution < -0.4 is 9.47 Å². The molecular formula is C34H38O3. The third-order valence-corrected chi connectivity index (χ3v) is 7.05. The number of hydrogen-bond donors (Lipinski definition) is 0. The van der Waals surface area contributed by atoms with Crippen LogP contribution >= 0.6 is 0 Å². The summed E-state index contributed by atoms with van der Waals surface area (Å²) >= 11 is 0. The Morgan fingerprint density at radius 2 is 0.865 bits per heavy atom.